The van der Waals surface area contributed by atoms with Crippen LogP contribution in [0.15, 0.2) is 47.1 Å². The summed E-state index contributed by atoms with van der Waals surface area (Å²) in [6.07, 6.45) is 1.93. The second-order valence-electron chi connectivity index (χ2n) is 5.19. The summed E-state index contributed by atoms with van der Waals surface area (Å²) in [7, 11) is 0. The van der Waals surface area contributed by atoms with E-state index in [1.165, 1.54) is 12.1 Å². The molecule has 5 heteroatoms. The van der Waals surface area contributed by atoms with Gasteiger partial charge < -0.3 is 10.3 Å². The number of aromatic nitrogens is 1. The standard InChI is InChI=1S/C17H14BrFN2O/c1-10-2-4-13(8-15(10)18)21-17(22)6-11-9-20-16-5-3-12(19)7-14(11)16/h2-5,7-9,20H,6H2,1H3,(H,21,22). The SMILES string of the molecule is Cc1ccc(NC(=O)Cc2c[nH]c3ccc(F)cc23)cc1Br. The van der Waals surface area contributed by atoms with Crippen molar-refractivity contribution in [2.75, 3.05) is 5.32 Å². The lowest BCUT2D eigenvalue weighted by Crippen LogP contribution is -2.14. The second kappa shape index (κ2) is 5.93. The van der Waals surface area contributed by atoms with Crippen LogP contribution in [0.1, 0.15) is 11.1 Å². The van der Waals surface area contributed by atoms with E-state index >= 15 is 0 Å². The zero-order chi connectivity index (χ0) is 15.7. The number of hydrogen-bond acceptors (Lipinski definition) is 1. The third kappa shape index (κ3) is 3.04. The van der Waals surface area contributed by atoms with E-state index in [1.54, 1.807) is 12.3 Å². The van der Waals surface area contributed by atoms with Crippen LogP contribution in [0.3, 0.4) is 0 Å². The first-order chi connectivity index (χ1) is 10.5. The van der Waals surface area contributed by atoms with Gasteiger partial charge in [0.15, 0.2) is 0 Å². The molecule has 0 spiro atoms. The van der Waals surface area contributed by atoms with Gasteiger partial charge in [0.2, 0.25) is 5.91 Å². The summed E-state index contributed by atoms with van der Waals surface area (Å²) in [5.41, 5.74) is 3.43. The van der Waals surface area contributed by atoms with Gasteiger partial charge in [-0.2, -0.15) is 0 Å². The Hall–Kier alpha value is -2.14. The van der Waals surface area contributed by atoms with Crippen molar-refractivity contribution in [3.05, 3.63) is 64.0 Å². The van der Waals surface area contributed by atoms with Gasteiger partial charge in [-0.05, 0) is 48.4 Å². The van der Waals surface area contributed by atoms with Crippen LogP contribution in [-0.2, 0) is 11.2 Å². The van der Waals surface area contributed by atoms with Crippen LogP contribution in [-0.4, -0.2) is 10.9 Å². The summed E-state index contributed by atoms with van der Waals surface area (Å²) in [6, 6.07) is 10.2. The topological polar surface area (TPSA) is 44.9 Å². The second-order valence-corrected chi connectivity index (χ2v) is 6.05. The molecule has 3 rings (SSSR count). The minimum absolute atomic E-state index is 0.138. The van der Waals surface area contributed by atoms with E-state index in [4.69, 9.17) is 0 Å². The molecule has 2 N–H and O–H groups in total. The maximum Gasteiger partial charge on any atom is 0.228 e. The molecule has 0 saturated heterocycles. The van der Waals surface area contributed by atoms with Crippen molar-refractivity contribution < 1.29 is 9.18 Å². The molecule has 2 aromatic carbocycles. The Bertz CT molecular complexity index is 857. The van der Waals surface area contributed by atoms with Crippen LogP contribution in [0.25, 0.3) is 10.9 Å². The molecule has 0 unspecified atom stereocenters. The highest BCUT2D eigenvalue weighted by Gasteiger charge is 2.10. The maximum absolute atomic E-state index is 13.3. The predicted molar refractivity (Wildman–Crippen MR) is 89.5 cm³/mol. The van der Waals surface area contributed by atoms with Crippen molar-refractivity contribution in [3.8, 4) is 0 Å². The van der Waals surface area contributed by atoms with Crippen molar-refractivity contribution in [1.82, 2.24) is 4.98 Å². The monoisotopic (exact) mass is 360 g/mol. The fourth-order valence-corrected chi connectivity index (χ4v) is 2.72. The summed E-state index contributed by atoms with van der Waals surface area (Å²) in [4.78, 5) is 15.2. The Morgan fingerprint density at radius 1 is 1.27 bits per heavy atom. The number of anilines is 1. The summed E-state index contributed by atoms with van der Waals surface area (Å²) in [5, 5.41) is 3.59. The van der Waals surface area contributed by atoms with E-state index < -0.39 is 0 Å². The molecule has 0 bridgehead atoms. The van der Waals surface area contributed by atoms with E-state index in [2.05, 4.69) is 26.2 Å². The molecule has 3 aromatic rings. The van der Waals surface area contributed by atoms with Gasteiger partial charge >= 0.3 is 0 Å². The van der Waals surface area contributed by atoms with Gasteiger partial charge in [0.1, 0.15) is 5.82 Å². The summed E-state index contributed by atoms with van der Waals surface area (Å²) >= 11 is 3.44. The van der Waals surface area contributed by atoms with E-state index in [1.807, 2.05) is 25.1 Å². The third-order valence-electron chi connectivity index (χ3n) is 3.54. The maximum atomic E-state index is 13.3. The average Bonchev–Trinajstić information content (AvgIpc) is 2.85. The Morgan fingerprint density at radius 3 is 2.86 bits per heavy atom. The van der Waals surface area contributed by atoms with E-state index in [0.717, 1.165) is 32.2 Å². The largest absolute Gasteiger partial charge is 0.361 e. The Balaban J connectivity index is 1.78. The normalized spacial score (nSPS) is 10.9. The number of aromatic amines is 1. The van der Waals surface area contributed by atoms with Crippen molar-refractivity contribution in [2.45, 2.75) is 13.3 Å². The molecule has 22 heavy (non-hydrogen) atoms. The van der Waals surface area contributed by atoms with Gasteiger partial charge in [-0.15, -0.1) is 0 Å². The summed E-state index contributed by atoms with van der Waals surface area (Å²) in [5.74, 6) is -0.447. The van der Waals surface area contributed by atoms with Crippen LogP contribution in [0.2, 0.25) is 0 Å². The van der Waals surface area contributed by atoms with Gasteiger partial charge in [-0.25, -0.2) is 4.39 Å². The number of nitrogens with one attached hydrogen (secondary N) is 2. The van der Waals surface area contributed by atoms with E-state index in [-0.39, 0.29) is 18.1 Å². The van der Waals surface area contributed by atoms with Crippen molar-refractivity contribution >= 4 is 38.4 Å². The van der Waals surface area contributed by atoms with Crippen molar-refractivity contribution in [3.63, 3.8) is 0 Å². The highest BCUT2D eigenvalue weighted by Crippen LogP contribution is 2.22. The van der Waals surface area contributed by atoms with E-state index in [9.17, 15) is 9.18 Å². The van der Waals surface area contributed by atoms with Crippen LogP contribution < -0.4 is 5.32 Å². The summed E-state index contributed by atoms with van der Waals surface area (Å²) in [6.45, 7) is 1.98. The van der Waals surface area contributed by atoms with Gasteiger partial charge in [0, 0.05) is 27.3 Å². The minimum Gasteiger partial charge on any atom is -0.361 e. The molecule has 0 atom stereocenters. The predicted octanol–water partition coefficient (Wildman–Crippen LogP) is 4.56. The van der Waals surface area contributed by atoms with Crippen LogP contribution >= 0.6 is 15.9 Å². The fraction of sp³-hybridized carbons (Fsp3) is 0.118. The third-order valence-corrected chi connectivity index (χ3v) is 4.39. The lowest BCUT2D eigenvalue weighted by Gasteiger charge is -2.07. The zero-order valence-corrected chi connectivity index (χ0v) is 13.5. The Labute approximate surface area is 135 Å². The molecule has 0 aliphatic carbocycles. The molecule has 0 aliphatic heterocycles. The number of aryl methyl sites for hydroxylation is 1. The number of rotatable bonds is 3. The van der Waals surface area contributed by atoms with Crippen LogP contribution in [0, 0.1) is 12.7 Å². The molecule has 1 heterocycles. The number of H-pyrrole nitrogens is 1. The van der Waals surface area contributed by atoms with Crippen molar-refractivity contribution in [2.24, 2.45) is 0 Å². The molecule has 112 valence electrons. The minimum atomic E-state index is -0.309. The highest BCUT2D eigenvalue weighted by molar-refractivity contribution is 9.10. The first-order valence-electron chi connectivity index (χ1n) is 6.84. The quantitative estimate of drug-likeness (QED) is 0.706. The number of carbonyl (C=O) groups is 1. The lowest BCUT2D eigenvalue weighted by atomic mass is 10.1. The highest BCUT2D eigenvalue weighted by atomic mass is 79.9. The van der Waals surface area contributed by atoms with Gasteiger partial charge in [-0.1, -0.05) is 22.0 Å². The smallest absolute Gasteiger partial charge is 0.228 e. The number of halogens is 2. The molecular formula is C17H14BrFN2O. The number of fused-ring (bicyclic) bond motifs is 1. The van der Waals surface area contributed by atoms with Crippen LogP contribution in [0.4, 0.5) is 10.1 Å². The van der Waals surface area contributed by atoms with E-state index in [0.29, 0.717) is 0 Å². The number of benzene rings is 2. The number of amides is 1. The fourth-order valence-electron chi connectivity index (χ4n) is 2.35. The van der Waals surface area contributed by atoms with Crippen LogP contribution in [0.5, 0.6) is 0 Å². The van der Waals surface area contributed by atoms with Gasteiger partial charge in [-0.3, -0.25) is 4.79 Å². The molecule has 0 saturated carbocycles. The van der Waals surface area contributed by atoms with Gasteiger partial charge in [0.25, 0.3) is 0 Å². The number of carbonyl (C=O) groups excluding carboxylic acids is 1. The van der Waals surface area contributed by atoms with Gasteiger partial charge in [0.05, 0.1) is 6.42 Å². The number of hydrogen-bond donors (Lipinski definition) is 2. The molecule has 0 radical (unpaired) electrons. The molecule has 1 amide bonds. The van der Waals surface area contributed by atoms with Crippen molar-refractivity contribution in [1.29, 1.82) is 0 Å². The molecular weight excluding hydrogens is 347 g/mol. The summed E-state index contributed by atoms with van der Waals surface area (Å²) < 4.78 is 14.3. The Morgan fingerprint density at radius 2 is 2.09 bits per heavy atom. The zero-order valence-electron chi connectivity index (χ0n) is 11.9. The first kappa shape index (κ1) is 14.8. The molecule has 1 aromatic heterocycles. The molecule has 3 nitrogen and oxygen atoms in total. The lowest BCUT2D eigenvalue weighted by molar-refractivity contribution is -0.115. The molecule has 0 fully saturated rings. The Kier molecular flexibility index (Phi) is 3.98. The molecule has 0 aliphatic rings. The average molecular weight is 361 g/mol. The first-order valence-corrected chi connectivity index (χ1v) is 7.64.